The average molecular weight is 445 g/mol. The van der Waals surface area contributed by atoms with Crippen LogP contribution < -0.4 is 14.9 Å². The van der Waals surface area contributed by atoms with Crippen LogP contribution in [0, 0.1) is 6.92 Å². The number of sulfonamides is 1. The molecule has 0 aliphatic carbocycles. The molecule has 1 amide bonds. The molecule has 0 spiro atoms. The number of hydrogen-bond donors (Lipinski definition) is 3. The van der Waals surface area contributed by atoms with Crippen LogP contribution in [-0.2, 0) is 16.6 Å². The third kappa shape index (κ3) is 4.94. The minimum atomic E-state index is -3.82. The van der Waals surface area contributed by atoms with E-state index in [1.54, 1.807) is 25.1 Å². The van der Waals surface area contributed by atoms with Crippen molar-refractivity contribution in [1.29, 1.82) is 0 Å². The number of amides is 1. The van der Waals surface area contributed by atoms with Gasteiger partial charge >= 0.3 is 0 Å². The number of benzene rings is 1. The Morgan fingerprint density at radius 2 is 2.03 bits per heavy atom. The van der Waals surface area contributed by atoms with Gasteiger partial charge in [-0.1, -0.05) is 6.07 Å². The number of carbonyl (C=O) groups is 1. The first-order valence-electron chi connectivity index (χ1n) is 10.0. The van der Waals surface area contributed by atoms with Gasteiger partial charge in [0.1, 0.15) is 5.76 Å². The molecule has 1 aromatic carbocycles. The second kappa shape index (κ2) is 8.90. The fourth-order valence-corrected chi connectivity index (χ4v) is 4.41. The van der Waals surface area contributed by atoms with E-state index in [2.05, 4.69) is 30.1 Å². The molecule has 11 heteroatoms. The van der Waals surface area contributed by atoms with Gasteiger partial charge in [-0.05, 0) is 56.0 Å². The highest BCUT2D eigenvalue weighted by molar-refractivity contribution is 7.89. The second-order valence-electron chi connectivity index (χ2n) is 7.37. The number of nitrogens with one attached hydrogen (secondary N) is 3. The van der Waals surface area contributed by atoms with Gasteiger partial charge in [0.25, 0.3) is 5.91 Å². The Morgan fingerprint density at radius 3 is 2.77 bits per heavy atom. The lowest BCUT2D eigenvalue weighted by molar-refractivity contribution is 0.102. The lowest BCUT2D eigenvalue weighted by Crippen LogP contribution is -2.30. The van der Waals surface area contributed by atoms with Gasteiger partial charge in [-0.2, -0.15) is 4.98 Å². The van der Waals surface area contributed by atoms with Crippen molar-refractivity contribution in [2.75, 3.05) is 23.3 Å². The van der Waals surface area contributed by atoms with Crippen LogP contribution in [0.1, 0.15) is 40.9 Å². The smallest absolute Gasteiger partial charge is 0.258 e. The van der Waals surface area contributed by atoms with Crippen molar-refractivity contribution in [3.63, 3.8) is 0 Å². The quantitative estimate of drug-likeness (QED) is 0.510. The predicted molar refractivity (Wildman–Crippen MR) is 114 cm³/mol. The normalized spacial score (nSPS) is 14.5. The molecule has 1 aliphatic heterocycles. The number of anilines is 2. The Hall–Kier alpha value is -3.18. The number of aromatic nitrogens is 3. The summed E-state index contributed by atoms with van der Waals surface area (Å²) in [5.74, 6) is 0.782. The number of aromatic amines is 1. The number of carbonyl (C=O) groups excluding carboxylic acids is 1. The molecular formula is C20H24N6O4S. The van der Waals surface area contributed by atoms with Crippen LogP contribution in [0.15, 0.2) is 45.9 Å². The lowest BCUT2D eigenvalue weighted by Gasteiger charge is -2.24. The summed E-state index contributed by atoms with van der Waals surface area (Å²) in [6, 6.07) is 7.75. The molecule has 3 heterocycles. The fraction of sp³-hybridized carbons (Fsp3) is 0.350. The molecule has 4 rings (SSSR count). The first-order chi connectivity index (χ1) is 14.9. The largest absolute Gasteiger partial charge is 0.468 e. The van der Waals surface area contributed by atoms with E-state index < -0.39 is 15.9 Å². The fourth-order valence-electron chi connectivity index (χ4n) is 3.39. The van der Waals surface area contributed by atoms with Gasteiger partial charge in [-0.3, -0.25) is 10.1 Å². The third-order valence-electron chi connectivity index (χ3n) is 5.12. The van der Waals surface area contributed by atoms with E-state index in [0.717, 1.165) is 25.9 Å². The number of aryl methyl sites for hydroxylation is 1. The molecule has 10 nitrogen and oxygen atoms in total. The van der Waals surface area contributed by atoms with E-state index in [-0.39, 0.29) is 23.0 Å². The molecule has 31 heavy (non-hydrogen) atoms. The van der Waals surface area contributed by atoms with Gasteiger partial charge in [0.15, 0.2) is 0 Å². The molecule has 1 saturated heterocycles. The van der Waals surface area contributed by atoms with Crippen LogP contribution in [0.2, 0.25) is 0 Å². The summed E-state index contributed by atoms with van der Waals surface area (Å²) >= 11 is 0. The minimum absolute atomic E-state index is 0.0126. The molecule has 1 aliphatic rings. The van der Waals surface area contributed by atoms with Crippen molar-refractivity contribution in [1.82, 2.24) is 19.9 Å². The van der Waals surface area contributed by atoms with E-state index in [4.69, 9.17) is 4.42 Å². The van der Waals surface area contributed by atoms with Crippen LogP contribution in [0.5, 0.6) is 0 Å². The van der Waals surface area contributed by atoms with Crippen LogP contribution >= 0.6 is 0 Å². The van der Waals surface area contributed by atoms with Gasteiger partial charge in [-0.15, -0.1) is 5.10 Å². The average Bonchev–Trinajstić information content (AvgIpc) is 3.45. The number of hydrogen-bond acceptors (Lipinski definition) is 7. The van der Waals surface area contributed by atoms with Gasteiger partial charge in [0.2, 0.25) is 21.9 Å². The summed E-state index contributed by atoms with van der Waals surface area (Å²) in [4.78, 5) is 19.2. The molecule has 0 saturated carbocycles. The van der Waals surface area contributed by atoms with Gasteiger partial charge in [0, 0.05) is 18.7 Å². The number of nitrogens with zero attached hydrogens (tertiary/aromatic N) is 3. The molecule has 0 bridgehead atoms. The topological polar surface area (TPSA) is 133 Å². The SMILES string of the molecule is Cc1ccc(S(=O)(=O)NCc2ccco2)cc1C(=O)Nc1nc(N2CCCCC2)n[nH]1. The van der Waals surface area contributed by atoms with Crippen molar-refractivity contribution in [3.05, 3.63) is 53.5 Å². The standard InChI is InChI=1S/C20H24N6O4S/c1-14-7-8-16(31(28,29)21-13-15-6-5-11-30-15)12-17(14)18(27)22-19-23-20(25-24-19)26-9-3-2-4-10-26/h5-8,11-12,21H,2-4,9-10,13H2,1H3,(H2,22,23,24,25,27). The molecule has 3 aromatic rings. The molecule has 0 unspecified atom stereocenters. The van der Waals surface area contributed by atoms with Crippen molar-refractivity contribution in [3.8, 4) is 0 Å². The highest BCUT2D eigenvalue weighted by Crippen LogP contribution is 2.19. The van der Waals surface area contributed by atoms with Crippen molar-refractivity contribution in [2.45, 2.75) is 37.6 Å². The summed E-state index contributed by atoms with van der Waals surface area (Å²) in [5, 5.41) is 9.57. The first kappa shape index (κ1) is 21.1. The monoisotopic (exact) mass is 444 g/mol. The summed E-state index contributed by atoms with van der Waals surface area (Å²) in [5.41, 5.74) is 0.870. The van der Waals surface area contributed by atoms with Crippen LogP contribution in [-0.4, -0.2) is 42.6 Å². The maximum Gasteiger partial charge on any atom is 0.258 e. The zero-order valence-corrected chi connectivity index (χ0v) is 17.9. The maximum atomic E-state index is 12.8. The van der Waals surface area contributed by atoms with Gasteiger partial charge < -0.3 is 9.32 Å². The van der Waals surface area contributed by atoms with Crippen LogP contribution in [0.4, 0.5) is 11.9 Å². The summed E-state index contributed by atoms with van der Waals surface area (Å²) in [6.45, 7) is 3.52. The summed E-state index contributed by atoms with van der Waals surface area (Å²) in [7, 11) is -3.82. The Balaban J connectivity index is 1.47. The predicted octanol–water partition coefficient (Wildman–Crippen LogP) is 2.43. The highest BCUT2D eigenvalue weighted by atomic mass is 32.2. The Morgan fingerprint density at radius 1 is 1.23 bits per heavy atom. The van der Waals surface area contributed by atoms with Gasteiger partial charge in [-0.25, -0.2) is 18.2 Å². The Labute approximate surface area is 180 Å². The number of furan rings is 1. The van der Waals surface area contributed by atoms with E-state index >= 15 is 0 Å². The number of rotatable bonds is 7. The summed E-state index contributed by atoms with van der Waals surface area (Å²) in [6.07, 6.45) is 4.84. The van der Waals surface area contributed by atoms with E-state index in [1.807, 2.05) is 0 Å². The zero-order chi connectivity index (χ0) is 21.8. The highest BCUT2D eigenvalue weighted by Gasteiger charge is 2.20. The Bertz CT molecular complexity index is 1150. The lowest BCUT2D eigenvalue weighted by atomic mass is 10.1. The molecule has 164 valence electrons. The number of piperidine rings is 1. The molecular weight excluding hydrogens is 420 g/mol. The van der Waals surface area contributed by atoms with Gasteiger partial charge in [0.05, 0.1) is 17.7 Å². The molecule has 0 atom stereocenters. The zero-order valence-electron chi connectivity index (χ0n) is 17.1. The van der Waals surface area contributed by atoms with E-state index in [1.165, 1.54) is 24.8 Å². The van der Waals surface area contributed by atoms with Crippen molar-refractivity contribution < 1.29 is 17.6 Å². The van der Waals surface area contributed by atoms with Crippen LogP contribution in [0.25, 0.3) is 0 Å². The second-order valence-corrected chi connectivity index (χ2v) is 9.13. The number of H-pyrrole nitrogens is 1. The maximum absolute atomic E-state index is 12.8. The van der Waals surface area contributed by atoms with Crippen LogP contribution in [0.3, 0.4) is 0 Å². The molecule has 3 N–H and O–H groups in total. The van der Waals surface area contributed by atoms with E-state index in [0.29, 0.717) is 17.3 Å². The molecule has 1 fully saturated rings. The van der Waals surface area contributed by atoms with Crippen molar-refractivity contribution in [2.24, 2.45) is 0 Å². The van der Waals surface area contributed by atoms with E-state index in [9.17, 15) is 13.2 Å². The molecule has 0 radical (unpaired) electrons. The Kier molecular flexibility index (Phi) is 6.05. The first-order valence-corrected chi connectivity index (χ1v) is 11.5. The minimum Gasteiger partial charge on any atom is -0.468 e. The molecule has 2 aromatic heterocycles. The summed E-state index contributed by atoms with van der Waals surface area (Å²) < 4.78 is 32.9. The van der Waals surface area contributed by atoms with Crippen molar-refractivity contribution >= 4 is 27.8 Å². The third-order valence-corrected chi connectivity index (χ3v) is 6.52.